The van der Waals surface area contributed by atoms with Gasteiger partial charge in [-0.2, -0.15) is 5.26 Å². The summed E-state index contributed by atoms with van der Waals surface area (Å²) in [6.07, 6.45) is 2.31. The molecule has 0 fully saturated rings. The lowest BCUT2D eigenvalue weighted by Crippen LogP contribution is -2.15. The number of nitrogens with zero attached hydrogens (tertiary/aromatic N) is 2. The standard InChI is InChI=1S/C15H15ClN4/c16-14-12(10-17)6-8-19-15(14)20-9-7-13(18)11-4-2-1-3-5-11/h1-6,8,13H,7,9,18H2,(H,19,20). The molecule has 3 N–H and O–H groups in total. The highest BCUT2D eigenvalue weighted by molar-refractivity contribution is 6.34. The van der Waals surface area contributed by atoms with Gasteiger partial charge in [0.15, 0.2) is 0 Å². The molecule has 0 saturated heterocycles. The highest BCUT2D eigenvalue weighted by atomic mass is 35.5. The summed E-state index contributed by atoms with van der Waals surface area (Å²) in [6, 6.07) is 13.5. The van der Waals surface area contributed by atoms with Gasteiger partial charge in [-0.15, -0.1) is 0 Å². The largest absolute Gasteiger partial charge is 0.369 e. The Kier molecular flexibility index (Phi) is 4.94. The summed E-state index contributed by atoms with van der Waals surface area (Å²) >= 11 is 6.06. The molecule has 1 atom stereocenters. The normalized spacial score (nSPS) is 11.7. The Morgan fingerprint density at radius 1 is 1.30 bits per heavy atom. The molecule has 1 aromatic carbocycles. The summed E-state index contributed by atoms with van der Waals surface area (Å²) in [6.45, 7) is 0.637. The molecule has 1 unspecified atom stereocenters. The van der Waals surface area contributed by atoms with Gasteiger partial charge in [0.25, 0.3) is 0 Å². The monoisotopic (exact) mass is 286 g/mol. The van der Waals surface area contributed by atoms with Gasteiger partial charge in [0.2, 0.25) is 0 Å². The Morgan fingerprint density at radius 2 is 2.05 bits per heavy atom. The van der Waals surface area contributed by atoms with Crippen molar-refractivity contribution in [3.05, 3.63) is 58.7 Å². The molecule has 0 saturated carbocycles. The van der Waals surface area contributed by atoms with Crippen LogP contribution in [-0.2, 0) is 0 Å². The van der Waals surface area contributed by atoms with Crippen LogP contribution in [0, 0.1) is 11.3 Å². The van der Waals surface area contributed by atoms with Crippen LogP contribution in [0.2, 0.25) is 5.02 Å². The third-order valence-electron chi connectivity index (χ3n) is 2.99. The van der Waals surface area contributed by atoms with E-state index in [2.05, 4.69) is 10.3 Å². The molecular weight excluding hydrogens is 272 g/mol. The number of hydrogen-bond acceptors (Lipinski definition) is 4. The number of nitriles is 1. The van der Waals surface area contributed by atoms with E-state index in [1.807, 2.05) is 36.4 Å². The van der Waals surface area contributed by atoms with E-state index >= 15 is 0 Å². The second-order valence-corrected chi connectivity index (χ2v) is 4.74. The number of hydrogen-bond donors (Lipinski definition) is 2. The molecule has 0 bridgehead atoms. The lowest BCUT2D eigenvalue weighted by atomic mass is 10.1. The molecule has 2 rings (SSSR count). The van der Waals surface area contributed by atoms with Crippen LogP contribution in [-0.4, -0.2) is 11.5 Å². The van der Waals surface area contributed by atoms with Crippen LogP contribution < -0.4 is 11.1 Å². The van der Waals surface area contributed by atoms with Crippen LogP contribution in [0.1, 0.15) is 23.6 Å². The van der Waals surface area contributed by atoms with Gasteiger partial charge >= 0.3 is 0 Å². The third kappa shape index (κ3) is 3.47. The molecule has 2 aromatic rings. The first kappa shape index (κ1) is 14.3. The van der Waals surface area contributed by atoms with Gasteiger partial charge in [0.05, 0.1) is 5.56 Å². The van der Waals surface area contributed by atoms with Crippen LogP contribution in [0.15, 0.2) is 42.6 Å². The van der Waals surface area contributed by atoms with Crippen molar-refractivity contribution < 1.29 is 0 Å². The average Bonchev–Trinajstić information content (AvgIpc) is 2.49. The summed E-state index contributed by atoms with van der Waals surface area (Å²) in [5, 5.41) is 12.4. The molecule has 0 aliphatic heterocycles. The molecule has 5 heteroatoms. The Morgan fingerprint density at radius 3 is 2.75 bits per heavy atom. The van der Waals surface area contributed by atoms with E-state index in [0.29, 0.717) is 22.9 Å². The zero-order chi connectivity index (χ0) is 14.4. The van der Waals surface area contributed by atoms with Crippen LogP contribution in [0.4, 0.5) is 5.82 Å². The van der Waals surface area contributed by atoms with E-state index in [4.69, 9.17) is 22.6 Å². The van der Waals surface area contributed by atoms with Gasteiger partial charge in [0.1, 0.15) is 16.9 Å². The van der Waals surface area contributed by atoms with Crippen molar-refractivity contribution in [2.75, 3.05) is 11.9 Å². The molecule has 1 heterocycles. The number of nitrogens with one attached hydrogen (secondary N) is 1. The first-order valence-electron chi connectivity index (χ1n) is 6.31. The van der Waals surface area contributed by atoms with Crippen molar-refractivity contribution >= 4 is 17.4 Å². The number of anilines is 1. The van der Waals surface area contributed by atoms with Crippen molar-refractivity contribution in [2.24, 2.45) is 5.73 Å². The van der Waals surface area contributed by atoms with E-state index in [1.54, 1.807) is 12.3 Å². The minimum absolute atomic E-state index is 0.0402. The van der Waals surface area contributed by atoms with E-state index in [1.165, 1.54) is 0 Å². The Labute approximate surface area is 123 Å². The molecule has 0 spiro atoms. The predicted molar refractivity (Wildman–Crippen MR) is 80.4 cm³/mol. The molecule has 0 radical (unpaired) electrons. The molecule has 0 amide bonds. The maximum Gasteiger partial charge on any atom is 0.146 e. The summed E-state index contributed by atoms with van der Waals surface area (Å²) in [4.78, 5) is 4.12. The van der Waals surface area contributed by atoms with Crippen molar-refractivity contribution in [3.63, 3.8) is 0 Å². The van der Waals surface area contributed by atoms with Gasteiger partial charge in [-0.1, -0.05) is 41.9 Å². The van der Waals surface area contributed by atoms with Gasteiger partial charge in [-0.05, 0) is 18.1 Å². The van der Waals surface area contributed by atoms with E-state index in [9.17, 15) is 0 Å². The number of rotatable bonds is 5. The van der Waals surface area contributed by atoms with Gasteiger partial charge in [-0.3, -0.25) is 0 Å². The van der Waals surface area contributed by atoms with Gasteiger partial charge in [0, 0.05) is 18.8 Å². The number of benzene rings is 1. The third-order valence-corrected chi connectivity index (χ3v) is 3.37. The minimum atomic E-state index is -0.0402. The first-order valence-corrected chi connectivity index (χ1v) is 6.69. The van der Waals surface area contributed by atoms with Crippen molar-refractivity contribution in [2.45, 2.75) is 12.5 Å². The molecule has 0 aliphatic rings. The fraction of sp³-hybridized carbons (Fsp3) is 0.200. The molecular formula is C15H15ClN4. The Hall–Kier alpha value is -2.09. The lowest BCUT2D eigenvalue weighted by molar-refractivity contribution is 0.674. The Bertz CT molecular complexity index is 607. The molecule has 102 valence electrons. The van der Waals surface area contributed by atoms with Crippen molar-refractivity contribution in [1.29, 1.82) is 5.26 Å². The smallest absolute Gasteiger partial charge is 0.146 e. The summed E-state index contributed by atoms with van der Waals surface area (Å²) < 4.78 is 0. The zero-order valence-electron chi connectivity index (χ0n) is 10.9. The van der Waals surface area contributed by atoms with Gasteiger partial charge < -0.3 is 11.1 Å². The van der Waals surface area contributed by atoms with E-state index in [-0.39, 0.29) is 6.04 Å². The maximum absolute atomic E-state index is 8.90. The van der Waals surface area contributed by atoms with Crippen molar-refractivity contribution in [3.8, 4) is 6.07 Å². The summed E-state index contributed by atoms with van der Waals surface area (Å²) in [5.41, 5.74) is 7.62. The molecule has 0 aliphatic carbocycles. The number of pyridine rings is 1. The van der Waals surface area contributed by atoms with Crippen LogP contribution >= 0.6 is 11.6 Å². The van der Waals surface area contributed by atoms with Gasteiger partial charge in [-0.25, -0.2) is 4.98 Å². The van der Waals surface area contributed by atoms with Crippen LogP contribution in [0.5, 0.6) is 0 Å². The summed E-state index contributed by atoms with van der Waals surface area (Å²) in [5.74, 6) is 0.519. The van der Waals surface area contributed by atoms with Crippen molar-refractivity contribution in [1.82, 2.24) is 4.98 Å². The quantitative estimate of drug-likeness (QED) is 0.885. The minimum Gasteiger partial charge on any atom is -0.369 e. The SMILES string of the molecule is N#Cc1ccnc(NCCC(N)c2ccccc2)c1Cl. The molecule has 4 nitrogen and oxygen atoms in total. The first-order chi connectivity index (χ1) is 9.72. The average molecular weight is 287 g/mol. The summed E-state index contributed by atoms with van der Waals surface area (Å²) in [7, 11) is 0. The number of aromatic nitrogens is 1. The van der Waals surface area contributed by atoms with Crippen LogP contribution in [0.25, 0.3) is 0 Å². The van der Waals surface area contributed by atoms with E-state index < -0.39 is 0 Å². The predicted octanol–water partition coefficient (Wildman–Crippen LogP) is 3.11. The second-order valence-electron chi connectivity index (χ2n) is 4.37. The molecule has 1 aromatic heterocycles. The Balaban J connectivity index is 1.92. The lowest BCUT2D eigenvalue weighted by Gasteiger charge is -2.13. The fourth-order valence-electron chi connectivity index (χ4n) is 1.87. The number of halogens is 1. The zero-order valence-corrected chi connectivity index (χ0v) is 11.6. The molecule has 20 heavy (non-hydrogen) atoms. The highest BCUT2D eigenvalue weighted by Gasteiger charge is 2.08. The van der Waals surface area contributed by atoms with Crippen LogP contribution in [0.3, 0.4) is 0 Å². The maximum atomic E-state index is 8.90. The topological polar surface area (TPSA) is 74.7 Å². The van der Waals surface area contributed by atoms with E-state index in [0.717, 1.165) is 12.0 Å². The highest BCUT2D eigenvalue weighted by Crippen LogP contribution is 2.23. The fourth-order valence-corrected chi connectivity index (χ4v) is 2.09. The number of nitrogens with two attached hydrogens (primary N) is 1. The second kappa shape index (κ2) is 6.90.